The Hall–Kier alpha value is -2.84. The average molecular weight is 319 g/mol. The molecule has 0 saturated heterocycles. The number of methoxy groups -OCH3 is 1. The Balaban J connectivity index is 2.48. The van der Waals surface area contributed by atoms with Gasteiger partial charge in [0.1, 0.15) is 6.04 Å². The SMILES string of the molecule is COC(=O)C(C)n1c(C)cn2c3c(=O)n(C)c(=O)n(C)c3nc12. The number of hydrogen-bond donors (Lipinski definition) is 0. The third-order valence-corrected chi connectivity index (χ3v) is 4.11. The highest BCUT2D eigenvalue weighted by Gasteiger charge is 2.24. The van der Waals surface area contributed by atoms with Crippen molar-refractivity contribution in [2.45, 2.75) is 19.9 Å². The molecule has 0 N–H and O–H groups in total. The number of aromatic nitrogens is 5. The first-order chi connectivity index (χ1) is 10.8. The summed E-state index contributed by atoms with van der Waals surface area (Å²) in [5, 5.41) is 0. The molecule has 3 rings (SSSR count). The second kappa shape index (κ2) is 4.83. The van der Waals surface area contributed by atoms with Crippen LogP contribution >= 0.6 is 0 Å². The van der Waals surface area contributed by atoms with Crippen LogP contribution < -0.4 is 11.2 Å². The van der Waals surface area contributed by atoms with Crippen LogP contribution in [-0.4, -0.2) is 36.2 Å². The van der Waals surface area contributed by atoms with E-state index in [9.17, 15) is 14.4 Å². The van der Waals surface area contributed by atoms with Gasteiger partial charge in [-0.25, -0.2) is 9.59 Å². The number of carbonyl (C=O) groups excluding carboxylic acids is 1. The summed E-state index contributed by atoms with van der Waals surface area (Å²) in [7, 11) is 4.29. The molecule has 0 aliphatic heterocycles. The summed E-state index contributed by atoms with van der Waals surface area (Å²) < 4.78 is 10.4. The van der Waals surface area contributed by atoms with Crippen LogP contribution in [0.4, 0.5) is 0 Å². The lowest BCUT2D eigenvalue weighted by atomic mass is 10.3. The van der Waals surface area contributed by atoms with Crippen LogP contribution in [0, 0.1) is 6.92 Å². The van der Waals surface area contributed by atoms with Gasteiger partial charge in [0, 0.05) is 26.0 Å². The Labute approximate surface area is 130 Å². The molecule has 9 nitrogen and oxygen atoms in total. The molecule has 3 aromatic rings. The number of fused-ring (bicyclic) bond motifs is 3. The van der Waals surface area contributed by atoms with Crippen molar-refractivity contribution >= 4 is 22.9 Å². The van der Waals surface area contributed by atoms with Gasteiger partial charge in [-0.1, -0.05) is 0 Å². The predicted molar refractivity (Wildman–Crippen MR) is 82.6 cm³/mol. The molecule has 3 aromatic heterocycles. The Morgan fingerprint density at radius 3 is 2.52 bits per heavy atom. The first kappa shape index (κ1) is 15.1. The number of ether oxygens (including phenoxy) is 1. The van der Waals surface area contributed by atoms with E-state index in [-0.39, 0.29) is 5.65 Å². The van der Waals surface area contributed by atoms with Crippen molar-refractivity contribution in [3.63, 3.8) is 0 Å². The van der Waals surface area contributed by atoms with Gasteiger partial charge >= 0.3 is 11.7 Å². The molecule has 0 bridgehead atoms. The molecule has 0 spiro atoms. The van der Waals surface area contributed by atoms with Gasteiger partial charge in [-0.2, -0.15) is 4.98 Å². The molecule has 0 fully saturated rings. The fraction of sp³-hybridized carbons (Fsp3) is 0.429. The van der Waals surface area contributed by atoms with Gasteiger partial charge in [0.15, 0.2) is 11.2 Å². The summed E-state index contributed by atoms with van der Waals surface area (Å²) in [4.78, 5) is 40.7. The minimum Gasteiger partial charge on any atom is -0.467 e. The zero-order valence-electron chi connectivity index (χ0n) is 13.5. The van der Waals surface area contributed by atoms with Gasteiger partial charge in [0.05, 0.1) is 7.11 Å². The van der Waals surface area contributed by atoms with E-state index in [0.717, 1.165) is 10.3 Å². The Morgan fingerprint density at radius 1 is 1.26 bits per heavy atom. The minimum absolute atomic E-state index is 0.277. The van der Waals surface area contributed by atoms with Crippen molar-refractivity contribution in [3.05, 3.63) is 32.7 Å². The quantitative estimate of drug-likeness (QED) is 0.606. The monoisotopic (exact) mass is 319 g/mol. The Kier molecular flexibility index (Phi) is 3.17. The maximum absolute atomic E-state index is 12.4. The van der Waals surface area contributed by atoms with Crippen molar-refractivity contribution in [2.75, 3.05) is 7.11 Å². The topological polar surface area (TPSA) is 92.5 Å². The van der Waals surface area contributed by atoms with Crippen molar-refractivity contribution in [3.8, 4) is 0 Å². The van der Waals surface area contributed by atoms with Crippen LogP contribution in [0.3, 0.4) is 0 Å². The highest BCUT2D eigenvalue weighted by molar-refractivity contribution is 5.78. The van der Waals surface area contributed by atoms with Crippen LogP contribution in [0.2, 0.25) is 0 Å². The van der Waals surface area contributed by atoms with Crippen molar-refractivity contribution in [1.82, 2.24) is 23.1 Å². The lowest BCUT2D eigenvalue weighted by Gasteiger charge is -2.12. The molecule has 9 heteroatoms. The van der Waals surface area contributed by atoms with Crippen molar-refractivity contribution in [1.29, 1.82) is 0 Å². The summed E-state index contributed by atoms with van der Waals surface area (Å²) in [5.41, 5.74) is 0.441. The summed E-state index contributed by atoms with van der Waals surface area (Å²) >= 11 is 0. The molecule has 0 aromatic carbocycles. The third kappa shape index (κ3) is 1.85. The normalized spacial score (nSPS) is 12.9. The summed E-state index contributed by atoms with van der Waals surface area (Å²) in [6.45, 7) is 3.50. The maximum Gasteiger partial charge on any atom is 0.332 e. The highest BCUT2D eigenvalue weighted by atomic mass is 16.5. The molecule has 3 heterocycles. The van der Waals surface area contributed by atoms with Gasteiger partial charge in [-0.3, -0.25) is 18.3 Å². The average Bonchev–Trinajstić information content (AvgIpc) is 3.03. The van der Waals surface area contributed by atoms with Gasteiger partial charge < -0.3 is 9.30 Å². The molecule has 0 saturated carbocycles. The standard InChI is InChI=1S/C14H17N5O4/c1-7-6-18-9-10(16(3)14(22)17(4)11(9)20)15-13(18)19(7)8(2)12(21)23-5/h6,8H,1-5H3. The molecule has 0 amide bonds. The molecule has 1 atom stereocenters. The predicted octanol–water partition coefficient (Wildman–Crippen LogP) is -0.271. The van der Waals surface area contributed by atoms with E-state index in [2.05, 4.69) is 4.98 Å². The van der Waals surface area contributed by atoms with Crippen LogP contribution in [0.15, 0.2) is 15.8 Å². The van der Waals surface area contributed by atoms with Crippen molar-refractivity contribution < 1.29 is 9.53 Å². The molecular formula is C14H17N5O4. The first-order valence-corrected chi connectivity index (χ1v) is 7.03. The molecular weight excluding hydrogens is 302 g/mol. The highest BCUT2D eigenvalue weighted by Crippen LogP contribution is 2.21. The van der Waals surface area contributed by atoms with E-state index < -0.39 is 23.3 Å². The number of hydrogen-bond acceptors (Lipinski definition) is 5. The van der Waals surface area contributed by atoms with Crippen LogP contribution in [0.1, 0.15) is 18.7 Å². The van der Waals surface area contributed by atoms with Crippen molar-refractivity contribution in [2.24, 2.45) is 14.1 Å². The van der Waals surface area contributed by atoms with E-state index in [0.29, 0.717) is 11.3 Å². The minimum atomic E-state index is -0.602. The summed E-state index contributed by atoms with van der Waals surface area (Å²) in [6.07, 6.45) is 1.72. The van der Waals surface area contributed by atoms with Crippen LogP contribution in [-0.2, 0) is 23.6 Å². The molecule has 0 aliphatic rings. The second-order valence-corrected chi connectivity index (χ2v) is 5.50. The van der Waals surface area contributed by atoms with E-state index in [1.54, 1.807) is 29.1 Å². The molecule has 23 heavy (non-hydrogen) atoms. The zero-order chi connectivity index (χ0) is 17.0. The number of nitrogens with zero attached hydrogens (tertiary/aromatic N) is 5. The molecule has 122 valence electrons. The fourth-order valence-corrected chi connectivity index (χ4v) is 2.86. The zero-order valence-corrected chi connectivity index (χ0v) is 13.5. The molecule has 0 radical (unpaired) electrons. The van der Waals surface area contributed by atoms with Gasteiger partial charge in [0.2, 0.25) is 5.78 Å². The number of aryl methyl sites for hydroxylation is 2. The number of imidazole rings is 2. The Bertz CT molecular complexity index is 1070. The lowest BCUT2D eigenvalue weighted by Crippen LogP contribution is -2.37. The van der Waals surface area contributed by atoms with E-state index in [4.69, 9.17) is 4.74 Å². The van der Waals surface area contributed by atoms with Gasteiger partial charge in [-0.15, -0.1) is 0 Å². The molecule has 1 unspecified atom stereocenters. The van der Waals surface area contributed by atoms with Crippen LogP contribution in [0.5, 0.6) is 0 Å². The number of carbonyl (C=O) groups is 1. The summed E-state index contributed by atoms with van der Waals surface area (Å²) in [6, 6.07) is -0.602. The fourth-order valence-electron chi connectivity index (χ4n) is 2.86. The lowest BCUT2D eigenvalue weighted by molar-refractivity contribution is -0.143. The number of esters is 1. The second-order valence-electron chi connectivity index (χ2n) is 5.50. The third-order valence-electron chi connectivity index (χ3n) is 4.11. The smallest absolute Gasteiger partial charge is 0.332 e. The van der Waals surface area contributed by atoms with E-state index in [1.165, 1.54) is 18.7 Å². The van der Waals surface area contributed by atoms with E-state index in [1.807, 2.05) is 6.92 Å². The van der Waals surface area contributed by atoms with E-state index >= 15 is 0 Å². The van der Waals surface area contributed by atoms with Gasteiger partial charge in [-0.05, 0) is 13.8 Å². The van der Waals surface area contributed by atoms with Gasteiger partial charge in [0.25, 0.3) is 5.56 Å². The maximum atomic E-state index is 12.4. The summed E-state index contributed by atoms with van der Waals surface area (Å²) in [5.74, 6) is -0.00579. The first-order valence-electron chi connectivity index (χ1n) is 7.03. The van der Waals surface area contributed by atoms with Crippen LogP contribution in [0.25, 0.3) is 16.9 Å². The molecule has 0 aliphatic carbocycles. The number of rotatable bonds is 2. The largest absolute Gasteiger partial charge is 0.467 e. The Morgan fingerprint density at radius 2 is 1.91 bits per heavy atom.